The lowest BCUT2D eigenvalue weighted by molar-refractivity contribution is 0.0998. The van der Waals surface area contributed by atoms with Crippen molar-refractivity contribution >= 4 is 45.7 Å². The first-order valence-corrected chi connectivity index (χ1v) is 13.3. The van der Waals surface area contributed by atoms with Gasteiger partial charge in [-0.15, -0.1) is 11.3 Å². The Balaban J connectivity index is 1.43. The maximum atomic E-state index is 12.2. The minimum atomic E-state index is -0.867. The van der Waals surface area contributed by atoms with Crippen LogP contribution >= 0.6 is 22.9 Å². The van der Waals surface area contributed by atoms with E-state index < -0.39 is 18.1 Å². The van der Waals surface area contributed by atoms with Gasteiger partial charge in [-0.2, -0.15) is 0 Å². The normalized spacial score (nSPS) is 12.8. The van der Waals surface area contributed by atoms with E-state index in [4.69, 9.17) is 27.2 Å². The second-order valence-corrected chi connectivity index (χ2v) is 10.3. The van der Waals surface area contributed by atoms with Crippen molar-refractivity contribution in [2.75, 3.05) is 18.5 Å². The highest BCUT2D eigenvalue weighted by Gasteiger charge is 2.21. The third-order valence-corrected chi connectivity index (χ3v) is 7.64. The predicted octanol–water partition coefficient (Wildman–Crippen LogP) is 4.81. The number of carbonyl (C=O) groups is 1. The lowest BCUT2D eigenvalue weighted by Gasteiger charge is -2.16. The van der Waals surface area contributed by atoms with Crippen molar-refractivity contribution in [2.24, 2.45) is 5.73 Å². The number of nitrogens with one attached hydrogen (secondary N) is 1. The number of rotatable bonds is 10. The summed E-state index contributed by atoms with van der Waals surface area (Å²) in [6, 6.07) is 18.8. The van der Waals surface area contributed by atoms with Crippen molar-refractivity contribution in [1.29, 1.82) is 0 Å². The molecule has 0 radical (unpaired) electrons. The number of anilines is 1. The fourth-order valence-corrected chi connectivity index (χ4v) is 5.38. The number of pyridine rings is 1. The lowest BCUT2D eigenvalue weighted by Crippen LogP contribution is -2.23. The van der Waals surface area contributed by atoms with E-state index in [1.54, 1.807) is 24.7 Å². The minimum absolute atomic E-state index is 0.188. The van der Waals surface area contributed by atoms with E-state index >= 15 is 0 Å². The van der Waals surface area contributed by atoms with E-state index in [0.29, 0.717) is 21.5 Å². The molecule has 0 fully saturated rings. The minimum Gasteiger partial charge on any atom is -0.484 e. The summed E-state index contributed by atoms with van der Waals surface area (Å²) in [7, 11) is 0. The van der Waals surface area contributed by atoms with Gasteiger partial charge in [0, 0.05) is 29.4 Å². The molecule has 0 saturated carbocycles. The van der Waals surface area contributed by atoms with E-state index in [9.17, 15) is 9.90 Å². The summed E-state index contributed by atoms with van der Waals surface area (Å²) in [6.45, 7) is 1.73. The molecule has 2 aromatic carbocycles. The molecule has 0 unspecified atom stereocenters. The molecule has 2 atom stereocenters. The maximum Gasteiger partial charge on any atom is 0.262 e. The SMILES string of the molecule is C[C@@H](Oc1cc(-n2cnc3cc(-c4ccnc(NC[C@@H](O)CO)c4)ccc32)sc1C(N)=O)c1ccccc1Cl. The van der Waals surface area contributed by atoms with E-state index in [-0.39, 0.29) is 13.2 Å². The smallest absolute Gasteiger partial charge is 0.262 e. The summed E-state index contributed by atoms with van der Waals surface area (Å²) in [6.07, 6.45) is 2.11. The van der Waals surface area contributed by atoms with Gasteiger partial charge < -0.3 is 26.0 Å². The van der Waals surface area contributed by atoms with Crippen LogP contribution in [-0.2, 0) is 0 Å². The highest BCUT2D eigenvalue weighted by Crippen LogP contribution is 2.37. The van der Waals surface area contributed by atoms with Gasteiger partial charge in [0.15, 0.2) is 0 Å². The van der Waals surface area contributed by atoms with Crippen molar-refractivity contribution in [3.63, 3.8) is 0 Å². The molecule has 5 N–H and O–H groups in total. The van der Waals surface area contributed by atoms with Crippen molar-refractivity contribution in [3.8, 4) is 21.9 Å². The second-order valence-electron chi connectivity index (χ2n) is 8.89. The van der Waals surface area contributed by atoms with Crippen molar-refractivity contribution < 1.29 is 19.7 Å². The molecular weight excluding hydrogens is 538 g/mol. The van der Waals surface area contributed by atoms with Gasteiger partial charge in [-0.05, 0) is 48.4 Å². The number of hydrogen-bond donors (Lipinski definition) is 4. The number of halogens is 1. The molecule has 9 nitrogen and oxygen atoms in total. The molecule has 3 heterocycles. The van der Waals surface area contributed by atoms with E-state index in [0.717, 1.165) is 32.7 Å². The van der Waals surface area contributed by atoms with Crippen LogP contribution in [0, 0.1) is 0 Å². The van der Waals surface area contributed by atoms with Crippen LogP contribution in [-0.4, -0.2) is 49.9 Å². The fraction of sp³-hybridized carbons (Fsp3) is 0.179. The number of carbonyl (C=O) groups excluding carboxylic acids is 1. The summed E-state index contributed by atoms with van der Waals surface area (Å²) in [5.41, 5.74) is 9.95. The number of nitrogens with two attached hydrogens (primary N) is 1. The summed E-state index contributed by atoms with van der Waals surface area (Å²) >= 11 is 7.56. The molecule has 5 aromatic rings. The first-order chi connectivity index (χ1) is 18.8. The maximum absolute atomic E-state index is 12.2. The number of aliphatic hydroxyl groups excluding tert-OH is 2. The number of hydrogen-bond acceptors (Lipinski definition) is 8. The zero-order chi connectivity index (χ0) is 27.5. The molecule has 0 aliphatic rings. The monoisotopic (exact) mass is 563 g/mol. The van der Waals surface area contributed by atoms with Gasteiger partial charge in [-0.25, -0.2) is 9.97 Å². The summed E-state index contributed by atoms with van der Waals surface area (Å²) in [5.74, 6) is 0.395. The van der Waals surface area contributed by atoms with Crippen LogP contribution in [0.1, 0.15) is 28.3 Å². The Morgan fingerprint density at radius 3 is 2.72 bits per heavy atom. The summed E-state index contributed by atoms with van der Waals surface area (Å²) < 4.78 is 8.03. The summed E-state index contributed by atoms with van der Waals surface area (Å²) in [4.78, 5) is 21.4. The van der Waals surface area contributed by atoms with Gasteiger partial charge in [-0.1, -0.05) is 35.9 Å². The van der Waals surface area contributed by atoms with E-state index in [1.165, 1.54) is 11.3 Å². The van der Waals surface area contributed by atoms with Crippen LogP contribution in [0.25, 0.3) is 27.2 Å². The van der Waals surface area contributed by atoms with Crippen LogP contribution in [0.5, 0.6) is 5.75 Å². The van der Waals surface area contributed by atoms with Crippen LogP contribution in [0.4, 0.5) is 5.82 Å². The molecule has 39 heavy (non-hydrogen) atoms. The zero-order valence-electron chi connectivity index (χ0n) is 20.9. The van der Waals surface area contributed by atoms with E-state index in [2.05, 4.69) is 15.3 Å². The number of thiophene rings is 1. The Morgan fingerprint density at radius 2 is 1.95 bits per heavy atom. The molecule has 5 rings (SSSR count). The number of aliphatic hydroxyl groups is 2. The van der Waals surface area contributed by atoms with Crippen LogP contribution < -0.4 is 15.8 Å². The first kappa shape index (κ1) is 26.6. The number of ether oxygens (including phenoxy) is 1. The third kappa shape index (κ3) is 5.74. The molecule has 3 aromatic heterocycles. The Labute approximate surface area is 233 Å². The fourth-order valence-electron chi connectivity index (χ4n) is 4.16. The van der Waals surface area contributed by atoms with Gasteiger partial charge >= 0.3 is 0 Å². The van der Waals surface area contributed by atoms with Crippen molar-refractivity contribution in [3.05, 3.63) is 88.7 Å². The number of nitrogens with zero attached hydrogens (tertiary/aromatic N) is 3. The molecule has 0 spiro atoms. The van der Waals surface area contributed by atoms with Gasteiger partial charge in [0.05, 0.1) is 23.7 Å². The van der Waals surface area contributed by atoms with Crippen LogP contribution in [0.2, 0.25) is 5.02 Å². The number of benzene rings is 2. The standard InChI is InChI=1S/C28H26ClN5O4S/c1-16(20-4-2-3-5-21(20)29)38-24-12-26(39-27(24)28(30)37)34-15-33-22-10-17(6-7-23(22)34)18-8-9-31-25(11-18)32-13-19(36)14-35/h2-12,15-16,19,35-36H,13-14H2,1H3,(H2,30,37)(H,31,32)/t16-,19-/m1/s1. The molecule has 1 amide bonds. The average molecular weight is 564 g/mol. The van der Waals surface area contributed by atoms with E-state index in [1.807, 2.05) is 60.0 Å². The molecule has 0 aliphatic carbocycles. The molecule has 0 aliphatic heterocycles. The second kappa shape index (κ2) is 11.4. The Hall–Kier alpha value is -3.96. The number of primary amides is 1. The highest BCUT2D eigenvalue weighted by molar-refractivity contribution is 7.16. The highest BCUT2D eigenvalue weighted by atomic mass is 35.5. The lowest BCUT2D eigenvalue weighted by atomic mass is 10.1. The predicted molar refractivity (Wildman–Crippen MR) is 153 cm³/mol. The topological polar surface area (TPSA) is 136 Å². The average Bonchev–Trinajstić information content (AvgIpc) is 3.56. The van der Waals surface area contributed by atoms with Gasteiger partial charge in [0.2, 0.25) is 0 Å². The van der Waals surface area contributed by atoms with Gasteiger partial charge in [0.25, 0.3) is 5.91 Å². The van der Waals surface area contributed by atoms with Gasteiger partial charge in [0.1, 0.15) is 33.9 Å². The molecule has 0 saturated heterocycles. The van der Waals surface area contributed by atoms with Crippen molar-refractivity contribution in [1.82, 2.24) is 14.5 Å². The molecule has 0 bridgehead atoms. The summed E-state index contributed by atoms with van der Waals surface area (Å²) in [5, 5.41) is 22.9. The Kier molecular flexibility index (Phi) is 7.80. The molecule has 200 valence electrons. The third-order valence-electron chi connectivity index (χ3n) is 6.16. The molecular formula is C28H26ClN5O4S. The Morgan fingerprint density at radius 1 is 1.15 bits per heavy atom. The number of aromatic nitrogens is 3. The number of imidazole rings is 1. The van der Waals surface area contributed by atoms with Gasteiger partial charge in [-0.3, -0.25) is 9.36 Å². The zero-order valence-corrected chi connectivity index (χ0v) is 22.5. The number of fused-ring (bicyclic) bond motifs is 1. The largest absolute Gasteiger partial charge is 0.484 e. The first-order valence-electron chi connectivity index (χ1n) is 12.2. The van der Waals surface area contributed by atoms with Crippen LogP contribution in [0.3, 0.4) is 0 Å². The van der Waals surface area contributed by atoms with Crippen LogP contribution in [0.15, 0.2) is 73.2 Å². The quantitative estimate of drug-likeness (QED) is 0.191. The Bertz CT molecular complexity index is 1640. The van der Waals surface area contributed by atoms with Crippen molar-refractivity contribution in [2.45, 2.75) is 19.1 Å². The number of amides is 1. The molecule has 11 heteroatoms.